The zero-order valence-electron chi connectivity index (χ0n) is 11.7. The summed E-state index contributed by atoms with van der Waals surface area (Å²) in [6.07, 6.45) is 0. The number of benzene rings is 1. The van der Waals surface area contributed by atoms with Gasteiger partial charge in [0.05, 0.1) is 29.0 Å². The molecule has 0 aliphatic heterocycles. The van der Waals surface area contributed by atoms with E-state index >= 15 is 0 Å². The first kappa shape index (κ1) is 18.5. The molecule has 0 heterocycles. The van der Waals surface area contributed by atoms with Crippen molar-refractivity contribution in [1.29, 1.82) is 0 Å². The van der Waals surface area contributed by atoms with Crippen LogP contribution >= 0.6 is 21.2 Å². The molecule has 0 radical (unpaired) electrons. The van der Waals surface area contributed by atoms with Gasteiger partial charge in [-0.25, -0.2) is 9.59 Å². The topological polar surface area (TPSA) is 119 Å². The lowest BCUT2D eigenvalue weighted by Gasteiger charge is -2.11. The largest absolute Gasteiger partial charge is 0.490 e. The number of carboxylic acid groups (broad SMARTS) is 2. The van der Waals surface area contributed by atoms with Gasteiger partial charge in [-0.15, -0.1) is 0 Å². The molecule has 22 heavy (non-hydrogen) atoms. The van der Waals surface area contributed by atoms with E-state index in [9.17, 15) is 12.7 Å². The second kappa shape index (κ2) is 9.43. The number of hydrogen-bond acceptors (Lipinski definition) is 6. The van der Waals surface area contributed by atoms with Gasteiger partial charge >= 0.3 is 11.9 Å². The predicted octanol–water partition coefficient (Wildman–Crippen LogP) is 1.61. The zero-order valence-corrected chi connectivity index (χ0v) is 13.9. The molecular weight excluding hydrogens is 411 g/mol. The summed E-state index contributed by atoms with van der Waals surface area (Å²) in [4.78, 5) is 22.3. The Labute approximate surface area is 136 Å². The average Bonchev–Trinajstić information content (AvgIpc) is 2.49. The van der Waals surface area contributed by atoms with Crippen LogP contribution in [0.2, 0.25) is 0 Å². The van der Waals surface area contributed by atoms with Crippen molar-refractivity contribution >= 4 is 33.1 Å². The van der Waals surface area contributed by atoms with Crippen molar-refractivity contribution in [3.63, 3.8) is 0 Å². The van der Waals surface area contributed by atoms with Gasteiger partial charge in [0.1, 0.15) is 17.9 Å². The molecule has 9 heteroatoms. The number of carboxylic acids is 2. The Morgan fingerprint density at radius 2 is 1.68 bits per heavy atom. The predicted molar refractivity (Wildman–Crippen MR) is 82.0 cm³/mol. The van der Waals surface area contributed by atoms with Gasteiger partial charge in [-0.1, -0.05) is 0 Å². The minimum Gasteiger partial charge on any atom is -0.490 e. The molecule has 1 aromatic rings. The highest BCUT2D eigenvalue weighted by molar-refractivity contribution is 14.1. The highest BCUT2D eigenvalue weighted by atomic mass is 127. The summed E-state index contributed by atoms with van der Waals surface area (Å²) in [5, 5.41) is 18.2. The lowest BCUT2D eigenvalue weighted by atomic mass is 10.1. The molecule has 122 valence electrons. The number of methoxy groups -OCH3 is 1. The smallest absolute Gasteiger partial charge is 0.339 e. The van der Waals surface area contributed by atoms with Gasteiger partial charge in [-0.05, 0) is 12.1 Å². The zero-order chi connectivity index (χ0) is 16.5. The van der Waals surface area contributed by atoms with Crippen LogP contribution < -0.4 is 4.74 Å². The summed E-state index contributed by atoms with van der Waals surface area (Å²) < 4.78 is 26.3. The van der Waals surface area contributed by atoms with Crippen molar-refractivity contribution in [2.75, 3.05) is 33.5 Å². The Morgan fingerprint density at radius 1 is 1.05 bits per heavy atom. The molecule has 1 rings (SSSR count). The summed E-state index contributed by atoms with van der Waals surface area (Å²) in [6.45, 7) is 1.03. The number of ether oxygens (including phenoxy) is 3. The first-order valence-corrected chi connectivity index (χ1v) is 8.08. The molecule has 0 aromatic heterocycles. The van der Waals surface area contributed by atoms with Crippen LogP contribution in [0, 0.1) is 3.57 Å². The van der Waals surface area contributed by atoms with E-state index in [1.165, 1.54) is 7.11 Å². The van der Waals surface area contributed by atoms with Crippen LogP contribution in [0.5, 0.6) is 5.75 Å². The Morgan fingerprint density at radius 3 is 2.23 bits per heavy atom. The van der Waals surface area contributed by atoms with Crippen molar-refractivity contribution in [3.05, 3.63) is 26.8 Å². The third-order valence-electron chi connectivity index (χ3n) is 2.53. The third-order valence-corrected chi connectivity index (χ3v) is 3.90. The first-order chi connectivity index (χ1) is 10.5. The number of hydrogen-bond donors (Lipinski definition) is 2. The fourth-order valence-electron chi connectivity index (χ4n) is 1.52. The average molecular weight is 426 g/mol. The quantitative estimate of drug-likeness (QED) is 0.428. The molecule has 0 saturated heterocycles. The molecule has 0 saturated carbocycles. The van der Waals surface area contributed by atoms with Crippen LogP contribution in [-0.4, -0.2) is 55.7 Å². The molecule has 2 N–H and O–H groups in total. The maximum atomic E-state index is 11.2. The molecule has 0 atom stereocenters. The van der Waals surface area contributed by atoms with E-state index in [-0.39, 0.29) is 33.7 Å². The van der Waals surface area contributed by atoms with Gasteiger partial charge in [-0.2, -0.15) is 0 Å². The molecule has 0 amide bonds. The third kappa shape index (κ3) is 5.31. The molecule has 0 unspecified atom stereocenters. The summed E-state index contributed by atoms with van der Waals surface area (Å²) >= 11 is -1.81. The lowest BCUT2D eigenvalue weighted by molar-refractivity contribution is 0.0534. The summed E-state index contributed by atoms with van der Waals surface area (Å²) in [7, 11) is 1.53. The van der Waals surface area contributed by atoms with Gasteiger partial charge in [0.2, 0.25) is 0 Å². The van der Waals surface area contributed by atoms with Crippen LogP contribution in [0.25, 0.3) is 0 Å². The molecule has 0 aliphatic carbocycles. The van der Waals surface area contributed by atoms with Crippen LogP contribution in [-0.2, 0) is 12.5 Å². The second-order valence-corrected chi connectivity index (χ2v) is 5.57. The van der Waals surface area contributed by atoms with Crippen molar-refractivity contribution in [1.82, 2.24) is 0 Å². The number of carbonyl (C=O) groups is 2. The van der Waals surface area contributed by atoms with E-state index in [1.807, 2.05) is 0 Å². The van der Waals surface area contributed by atoms with Gasteiger partial charge in [0.15, 0.2) is 21.2 Å². The van der Waals surface area contributed by atoms with Crippen molar-refractivity contribution < 1.29 is 37.1 Å². The highest BCUT2D eigenvalue weighted by Crippen LogP contribution is 2.27. The van der Waals surface area contributed by atoms with Gasteiger partial charge in [0.25, 0.3) is 0 Å². The summed E-state index contributed by atoms with van der Waals surface area (Å²) in [6, 6.07) is 2.15. The molecule has 0 spiro atoms. The van der Waals surface area contributed by atoms with Crippen LogP contribution in [0.1, 0.15) is 20.7 Å². The van der Waals surface area contributed by atoms with Crippen molar-refractivity contribution in [2.24, 2.45) is 0 Å². The molecule has 0 bridgehead atoms. The normalized spacial score (nSPS) is 10.4. The van der Waals surface area contributed by atoms with Gasteiger partial charge in [-0.3, -0.25) is 3.07 Å². The summed E-state index contributed by atoms with van der Waals surface area (Å²) in [5.41, 5.74) is -0.449. The summed E-state index contributed by atoms with van der Waals surface area (Å²) in [5.74, 6) is -2.67. The minimum absolute atomic E-state index is 0.00685. The fraction of sp³-hybridized carbons (Fsp3) is 0.385. The number of halogens is 1. The lowest BCUT2D eigenvalue weighted by Crippen LogP contribution is -2.13. The van der Waals surface area contributed by atoms with Crippen LogP contribution in [0.15, 0.2) is 12.1 Å². The van der Waals surface area contributed by atoms with E-state index in [2.05, 4.69) is 0 Å². The standard InChI is InChI=1S/C13H15IO8/c1-20-2-3-21-4-5-22-11-7-8(12(15)16)10(14-19)6-9(11)13(17)18/h6-7H,2-5H2,1H3,(H,15,16)(H,17,18). The Bertz CT molecular complexity index is 557. The molecule has 1 aromatic carbocycles. The van der Waals surface area contributed by atoms with E-state index in [1.54, 1.807) is 0 Å². The Hall–Kier alpha value is -1.59. The van der Waals surface area contributed by atoms with E-state index in [0.717, 1.165) is 12.1 Å². The Kier molecular flexibility index (Phi) is 7.91. The van der Waals surface area contributed by atoms with Gasteiger partial charge in [0, 0.05) is 7.11 Å². The monoisotopic (exact) mass is 426 g/mol. The first-order valence-electron chi connectivity index (χ1n) is 6.12. The minimum atomic E-state index is -1.81. The second-order valence-electron chi connectivity index (χ2n) is 3.97. The fourth-order valence-corrected chi connectivity index (χ4v) is 2.58. The maximum absolute atomic E-state index is 11.2. The van der Waals surface area contributed by atoms with E-state index in [0.29, 0.717) is 13.2 Å². The van der Waals surface area contributed by atoms with Gasteiger partial charge < -0.3 is 24.4 Å². The number of rotatable bonds is 10. The van der Waals surface area contributed by atoms with E-state index in [4.69, 9.17) is 24.4 Å². The molecular formula is C13H15IO8. The van der Waals surface area contributed by atoms with Crippen molar-refractivity contribution in [3.8, 4) is 5.75 Å². The maximum Gasteiger partial charge on any atom is 0.339 e. The van der Waals surface area contributed by atoms with Crippen LogP contribution in [0.4, 0.5) is 0 Å². The number of aromatic carboxylic acids is 2. The Balaban J connectivity index is 2.87. The highest BCUT2D eigenvalue weighted by Gasteiger charge is 2.20. The van der Waals surface area contributed by atoms with E-state index < -0.39 is 33.1 Å². The van der Waals surface area contributed by atoms with Crippen molar-refractivity contribution in [2.45, 2.75) is 0 Å². The molecule has 0 fully saturated rings. The SMILES string of the molecule is COCCOCCOc1cc(C(=O)O)c(I=O)cc1C(=O)O. The molecule has 8 nitrogen and oxygen atoms in total. The molecule has 0 aliphatic rings. The van der Waals surface area contributed by atoms with Crippen LogP contribution in [0.3, 0.4) is 0 Å².